The Hall–Kier alpha value is -1.80. The predicted octanol–water partition coefficient (Wildman–Crippen LogP) is 2.68. The second-order valence-electron chi connectivity index (χ2n) is 7.52. The van der Waals surface area contributed by atoms with E-state index in [1.807, 2.05) is 67.6 Å². The number of hydrogen-bond donors (Lipinski definition) is 1. The summed E-state index contributed by atoms with van der Waals surface area (Å²) in [6, 6.07) is 19.7. The summed E-state index contributed by atoms with van der Waals surface area (Å²) in [7, 11) is 1.57. The van der Waals surface area contributed by atoms with Gasteiger partial charge in [-0.25, -0.2) is 0 Å². The van der Waals surface area contributed by atoms with E-state index in [4.69, 9.17) is 23.7 Å². The van der Waals surface area contributed by atoms with E-state index < -0.39 is 30.7 Å². The number of epoxide rings is 1. The molecule has 4 rings (SSSR count). The molecule has 29 heavy (non-hydrogen) atoms. The summed E-state index contributed by atoms with van der Waals surface area (Å²) in [5.74, 6) is 0. The van der Waals surface area contributed by atoms with Crippen LogP contribution in [-0.4, -0.2) is 55.1 Å². The molecule has 0 amide bonds. The number of rotatable bonds is 8. The average molecular weight is 400 g/mol. The summed E-state index contributed by atoms with van der Waals surface area (Å²) in [5.41, 5.74) is 2.05. The maximum atomic E-state index is 11.1. The van der Waals surface area contributed by atoms with Gasteiger partial charge in [-0.15, -0.1) is 0 Å². The molecule has 2 aliphatic heterocycles. The third-order valence-corrected chi connectivity index (χ3v) is 5.44. The van der Waals surface area contributed by atoms with E-state index in [1.165, 1.54) is 0 Å². The first-order valence-corrected chi connectivity index (χ1v) is 10.00. The van der Waals surface area contributed by atoms with Crippen molar-refractivity contribution in [2.45, 2.75) is 63.1 Å². The number of methoxy groups -OCH3 is 1. The molecule has 7 atom stereocenters. The minimum absolute atomic E-state index is 0.0451. The molecule has 6 heteroatoms. The fourth-order valence-electron chi connectivity index (χ4n) is 3.76. The molecule has 2 heterocycles. The van der Waals surface area contributed by atoms with Gasteiger partial charge in [0.25, 0.3) is 0 Å². The quantitative estimate of drug-likeness (QED) is 0.687. The topological polar surface area (TPSA) is 69.7 Å². The summed E-state index contributed by atoms with van der Waals surface area (Å²) in [6.07, 6.45) is -3.38. The van der Waals surface area contributed by atoms with Crippen molar-refractivity contribution in [3.63, 3.8) is 0 Å². The van der Waals surface area contributed by atoms with Crippen molar-refractivity contribution < 1.29 is 28.8 Å². The van der Waals surface area contributed by atoms with E-state index in [-0.39, 0.29) is 12.2 Å². The van der Waals surface area contributed by atoms with Gasteiger partial charge in [0, 0.05) is 7.11 Å². The van der Waals surface area contributed by atoms with Gasteiger partial charge >= 0.3 is 0 Å². The smallest absolute Gasteiger partial charge is 0.186 e. The van der Waals surface area contributed by atoms with Crippen LogP contribution in [0.1, 0.15) is 18.1 Å². The lowest BCUT2D eigenvalue weighted by Crippen LogP contribution is -2.61. The van der Waals surface area contributed by atoms with Gasteiger partial charge in [0.15, 0.2) is 6.29 Å². The van der Waals surface area contributed by atoms with Crippen LogP contribution in [0.2, 0.25) is 0 Å². The summed E-state index contributed by atoms with van der Waals surface area (Å²) in [6.45, 7) is 2.69. The van der Waals surface area contributed by atoms with Crippen molar-refractivity contribution in [2.24, 2.45) is 0 Å². The maximum absolute atomic E-state index is 11.1. The fourth-order valence-corrected chi connectivity index (χ4v) is 3.76. The Balaban J connectivity index is 1.50. The van der Waals surface area contributed by atoms with Crippen LogP contribution >= 0.6 is 0 Å². The van der Waals surface area contributed by atoms with Gasteiger partial charge < -0.3 is 28.8 Å². The van der Waals surface area contributed by atoms with Crippen molar-refractivity contribution >= 4 is 0 Å². The molecule has 2 aromatic rings. The van der Waals surface area contributed by atoms with Crippen LogP contribution in [0.4, 0.5) is 0 Å². The van der Waals surface area contributed by atoms with Crippen LogP contribution in [0.25, 0.3) is 0 Å². The highest BCUT2D eigenvalue weighted by Gasteiger charge is 2.55. The van der Waals surface area contributed by atoms with Crippen molar-refractivity contribution in [2.75, 3.05) is 7.11 Å². The lowest BCUT2D eigenvalue weighted by molar-refractivity contribution is -0.312. The van der Waals surface area contributed by atoms with Crippen molar-refractivity contribution in [3.8, 4) is 0 Å². The van der Waals surface area contributed by atoms with Crippen molar-refractivity contribution in [3.05, 3.63) is 71.8 Å². The lowest BCUT2D eigenvalue weighted by Gasteiger charge is -2.43. The third kappa shape index (κ3) is 4.86. The first-order chi connectivity index (χ1) is 14.2. The maximum Gasteiger partial charge on any atom is 0.186 e. The number of benzene rings is 2. The highest BCUT2D eigenvalue weighted by molar-refractivity contribution is 5.15. The second-order valence-corrected chi connectivity index (χ2v) is 7.52. The van der Waals surface area contributed by atoms with Crippen LogP contribution in [0.15, 0.2) is 60.7 Å². The van der Waals surface area contributed by atoms with Gasteiger partial charge in [-0.05, 0) is 18.1 Å². The number of aliphatic hydroxyl groups excluding tert-OH is 1. The van der Waals surface area contributed by atoms with E-state index >= 15 is 0 Å². The SMILES string of the molecule is CO[C@H]1O[C@H]([C@H]2O[C@@H]2C)[C@@H](O)[C@H](OCc2ccccc2)[C@H]1OCc1ccccc1. The molecule has 2 fully saturated rings. The Labute approximate surface area is 171 Å². The van der Waals surface area contributed by atoms with Crippen LogP contribution in [-0.2, 0) is 36.9 Å². The van der Waals surface area contributed by atoms with E-state index in [2.05, 4.69) is 0 Å². The Kier molecular flexibility index (Phi) is 6.60. The zero-order valence-electron chi connectivity index (χ0n) is 16.7. The lowest BCUT2D eigenvalue weighted by atomic mass is 9.95. The molecule has 0 saturated carbocycles. The molecule has 0 spiro atoms. The minimum atomic E-state index is -0.888. The molecule has 6 nitrogen and oxygen atoms in total. The summed E-state index contributed by atoms with van der Waals surface area (Å²) in [4.78, 5) is 0. The van der Waals surface area contributed by atoms with Crippen LogP contribution in [0.3, 0.4) is 0 Å². The van der Waals surface area contributed by atoms with Crippen molar-refractivity contribution in [1.82, 2.24) is 0 Å². The molecular formula is C23H28O6. The zero-order valence-corrected chi connectivity index (χ0v) is 16.7. The minimum Gasteiger partial charge on any atom is -0.387 e. The molecule has 2 aliphatic rings. The van der Waals surface area contributed by atoms with Crippen molar-refractivity contribution in [1.29, 1.82) is 0 Å². The van der Waals surface area contributed by atoms with E-state index in [0.29, 0.717) is 13.2 Å². The van der Waals surface area contributed by atoms with Gasteiger partial charge in [0.05, 0.1) is 19.3 Å². The predicted molar refractivity (Wildman–Crippen MR) is 106 cm³/mol. The van der Waals surface area contributed by atoms with E-state index in [1.54, 1.807) is 7.11 Å². The average Bonchev–Trinajstić information content (AvgIpc) is 3.49. The molecule has 156 valence electrons. The van der Waals surface area contributed by atoms with Gasteiger partial charge in [0.2, 0.25) is 0 Å². The Morgan fingerprint density at radius 1 is 0.793 bits per heavy atom. The third-order valence-electron chi connectivity index (χ3n) is 5.44. The second kappa shape index (κ2) is 9.34. The van der Waals surface area contributed by atoms with Gasteiger partial charge in [-0.2, -0.15) is 0 Å². The van der Waals surface area contributed by atoms with E-state index in [0.717, 1.165) is 11.1 Å². The fraction of sp³-hybridized carbons (Fsp3) is 0.478. The molecule has 2 aromatic carbocycles. The monoisotopic (exact) mass is 400 g/mol. The molecular weight excluding hydrogens is 372 g/mol. The van der Waals surface area contributed by atoms with Gasteiger partial charge in [-0.1, -0.05) is 60.7 Å². The Bertz CT molecular complexity index is 754. The summed E-state index contributed by atoms with van der Waals surface area (Å²) in [5, 5.41) is 11.1. The molecule has 0 aromatic heterocycles. The van der Waals surface area contributed by atoms with Gasteiger partial charge in [-0.3, -0.25) is 0 Å². The number of ether oxygens (including phenoxy) is 5. The van der Waals surface area contributed by atoms with Crippen LogP contribution < -0.4 is 0 Å². The molecule has 0 aliphatic carbocycles. The number of hydrogen-bond acceptors (Lipinski definition) is 6. The Morgan fingerprint density at radius 2 is 1.31 bits per heavy atom. The highest BCUT2D eigenvalue weighted by atomic mass is 16.7. The summed E-state index contributed by atoms with van der Waals surface area (Å²) < 4.78 is 29.5. The standard InChI is InChI=1S/C23H28O6/c1-15-19(28-15)21-18(24)20(26-13-16-9-5-3-6-10-16)22(23(25-2)29-21)27-14-17-11-7-4-8-12-17/h3-12,15,18-24H,13-14H2,1-2H3/t15-,18+,19+,20+,21+,22-,23+/m1/s1. The van der Waals surface area contributed by atoms with Crippen LogP contribution in [0.5, 0.6) is 0 Å². The van der Waals surface area contributed by atoms with Crippen LogP contribution in [0, 0.1) is 0 Å². The molecule has 1 N–H and O–H groups in total. The highest BCUT2D eigenvalue weighted by Crippen LogP contribution is 2.36. The normalized spacial score (nSPS) is 34.1. The number of aliphatic hydroxyl groups is 1. The van der Waals surface area contributed by atoms with Gasteiger partial charge in [0.1, 0.15) is 30.5 Å². The molecule has 2 saturated heterocycles. The molecule has 0 radical (unpaired) electrons. The summed E-state index contributed by atoms with van der Waals surface area (Å²) >= 11 is 0. The largest absolute Gasteiger partial charge is 0.387 e. The van der Waals surface area contributed by atoms with E-state index in [9.17, 15) is 5.11 Å². The zero-order chi connectivity index (χ0) is 20.2. The Morgan fingerprint density at radius 3 is 1.79 bits per heavy atom. The first-order valence-electron chi connectivity index (χ1n) is 10.00. The molecule has 0 unspecified atom stereocenters. The first kappa shape index (κ1) is 20.5. The molecule has 0 bridgehead atoms.